The lowest BCUT2D eigenvalue weighted by Crippen LogP contribution is -2.20. The Bertz CT molecular complexity index is 1090. The van der Waals surface area contributed by atoms with Crippen LogP contribution in [0, 0.1) is 0 Å². The van der Waals surface area contributed by atoms with Crippen molar-refractivity contribution in [2.24, 2.45) is 5.73 Å². The van der Waals surface area contributed by atoms with E-state index in [1.54, 1.807) is 24.3 Å². The first kappa shape index (κ1) is 20.1. The number of hydrogen-bond donors (Lipinski definition) is 2. The highest BCUT2D eigenvalue weighted by molar-refractivity contribution is 6.15. The Morgan fingerprint density at radius 2 is 1.69 bits per heavy atom. The van der Waals surface area contributed by atoms with Gasteiger partial charge < -0.3 is 20.5 Å². The summed E-state index contributed by atoms with van der Waals surface area (Å²) in [6, 6.07) is 10.7. The smallest absolute Gasteiger partial charge is 0.255 e. The summed E-state index contributed by atoms with van der Waals surface area (Å²) in [5.74, 6) is 0.0649. The Morgan fingerprint density at radius 3 is 2.31 bits per heavy atom. The largest absolute Gasteiger partial charge is 0.493 e. The number of fused-ring (bicyclic) bond motifs is 1. The lowest BCUT2D eigenvalue weighted by atomic mass is 9.96. The Balaban J connectivity index is 2.18. The van der Waals surface area contributed by atoms with E-state index in [-0.39, 0.29) is 23.1 Å². The summed E-state index contributed by atoms with van der Waals surface area (Å²) >= 11 is 0. The second kappa shape index (κ2) is 8.18. The number of aromatic nitrogens is 1. The zero-order valence-corrected chi connectivity index (χ0v) is 16.8. The zero-order valence-electron chi connectivity index (χ0n) is 16.8. The molecule has 0 aliphatic rings. The normalized spacial score (nSPS) is 10.8. The average Bonchev–Trinajstić information content (AvgIpc) is 2.72. The minimum atomic E-state index is -0.693. The number of carbonyl (C=O) groups is 2. The van der Waals surface area contributed by atoms with Gasteiger partial charge in [-0.2, -0.15) is 0 Å². The van der Waals surface area contributed by atoms with Gasteiger partial charge in [-0.1, -0.05) is 32.0 Å². The quantitative estimate of drug-likeness (QED) is 0.664. The maximum absolute atomic E-state index is 13.1. The topological polar surface area (TPSA) is 104 Å². The summed E-state index contributed by atoms with van der Waals surface area (Å²) in [4.78, 5) is 29.4. The van der Waals surface area contributed by atoms with E-state index in [9.17, 15) is 9.59 Å². The number of nitrogens with zero attached hydrogens (tertiary/aromatic N) is 1. The molecule has 3 aromatic rings. The summed E-state index contributed by atoms with van der Waals surface area (Å²) in [7, 11) is 3.03. The number of hydrogen-bond acceptors (Lipinski definition) is 5. The molecule has 7 nitrogen and oxygen atoms in total. The van der Waals surface area contributed by atoms with Crippen molar-refractivity contribution >= 4 is 28.4 Å². The van der Waals surface area contributed by atoms with Crippen molar-refractivity contribution in [3.8, 4) is 11.5 Å². The van der Waals surface area contributed by atoms with Crippen LogP contribution in [0.3, 0.4) is 0 Å². The van der Waals surface area contributed by atoms with Crippen LogP contribution in [0.15, 0.2) is 42.6 Å². The van der Waals surface area contributed by atoms with Crippen molar-refractivity contribution in [3.63, 3.8) is 0 Å². The van der Waals surface area contributed by atoms with Gasteiger partial charge in [-0.15, -0.1) is 0 Å². The van der Waals surface area contributed by atoms with Crippen LogP contribution in [0.2, 0.25) is 0 Å². The molecule has 150 valence electrons. The molecule has 0 radical (unpaired) electrons. The number of carbonyl (C=O) groups excluding carboxylic acids is 2. The van der Waals surface area contributed by atoms with Crippen LogP contribution in [-0.4, -0.2) is 31.0 Å². The van der Waals surface area contributed by atoms with Crippen LogP contribution >= 0.6 is 0 Å². The first-order chi connectivity index (χ1) is 13.9. The predicted molar refractivity (Wildman–Crippen MR) is 112 cm³/mol. The van der Waals surface area contributed by atoms with Crippen molar-refractivity contribution in [1.29, 1.82) is 0 Å². The molecule has 0 unspecified atom stereocenters. The molecule has 0 saturated heterocycles. The fourth-order valence-electron chi connectivity index (χ4n) is 3.23. The summed E-state index contributed by atoms with van der Waals surface area (Å²) in [6.07, 6.45) is 1.35. The Labute approximate surface area is 168 Å². The number of ether oxygens (including phenoxy) is 2. The fraction of sp³-hybridized carbons (Fsp3) is 0.227. The van der Waals surface area contributed by atoms with Crippen LogP contribution in [0.4, 0.5) is 5.69 Å². The first-order valence-corrected chi connectivity index (χ1v) is 9.12. The number of rotatable bonds is 6. The molecule has 2 amide bonds. The van der Waals surface area contributed by atoms with Crippen LogP contribution < -0.4 is 20.5 Å². The van der Waals surface area contributed by atoms with Crippen molar-refractivity contribution in [2.75, 3.05) is 19.5 Å². The minimum absolute atomic E-state index is 0.111. The fourth-order valence-corrected chi connectivity index (χ4v) is 3.23. The van der Waals surface area contributed by atoms with Gasteiger partial charge in [0.2, 0.25) is 0 Å². The number of nitrogens with two attached hydrogens (primary N) is 1. The number of anilines is 1. The molecule has 3 rings (SSSR count). The molecule has 0 bridgehead atoms. The van der Waals surface area contributed by atoms with E-state index in [0.29, 0.717) is 28.0 Å². The number of primary amides is 1. The van der Waals surface area contributed by atoms with Gasteiger partial charge in [0.1, 0.15) is 0 Å². The standard InChI is InChI=1S/C22H23N3O4/c1-12(2)13-7-5-6-8-14(13)22(27)25-20-15-9-18(28-3)19(29-4)10-17(15)24-11-16(20)21(23)26/h5-12H,1-4H3,(H2,23,26)(H,24,25,27). The van der Waals surface area contributed by atoms with Gasteiger partial charge >= 0.3 is 0 Å². The molecule has 29 heavy (non-hydrogen) atoms. The van der Waals surface area contributed by atoms with Gasteiger partial charge in [-0.25, -0.2) is 0 Å². The van der Waals surface area contributed by atoms with Gasteiger partial charge in [0, 0.05) is 23.2 Å². The van der Waals surface area contributed by atoms with E-state index in [1.165, 1.54) is 20.4 Å². The maximum atomic E-state index is 13.1. The van der Waals surface area contributed by atoms with E-state index in [2.05, 4.69) is 10.3 Å². The monoisotopic (exact) mass is 393 g/mol. The number of pyridine rings is 1. The number of benzene rings is 2. The maximum Gasteiger partial charge on any atom is 0.255 e. The summed E-state index contributed by atoms with van der Waals surface area (Å²) in [6.45, 7) is 4.03. The van der Waals surface area contributed by atoms with Crippen LogP contribution in [0.1, 0.15) is 46.0 Å². The highest BCUT2D eigenvalue weighted by Gasteiger charge is 2.20. The number of methoxy groups -OCH3 is 2. The molecule has 0 atom stereocenters. The molecule has 2 aromatic carbocycles. The van der Waals surface area contributed by atoms with Crippen LogP contribution in [0.5, 0.6) is 11.5 Å². The molecule has 1 aromatic heterocycles. The Hall–Kier alpha value is -3.61. The molecule has 3 N–H and O–H groups in total. The third-order valence-corrected chi connectivity index (χ3v) is 4.70. The molecule has 0 aliphatic carbocycles. The van der Waals surface area contributed by atoms with Crippen LogP contribution in [0.25, 0.3) is 10.9 Å². The molecular weight excluding hydrogens is 370 g/mol. The van der Waals surface area contributed by atoms with Crippen LogP contribution in [-0.2, 0) is 0 Å². The van der Waals surface area contributed by atoms with E-state index >= 15 is 0 Å². The SMILES string of the molecule is COc1cc2ncc(C(N)=O)c(NC(=O)c3ccccc3C(C)C)c2cc1OC. The number of nitrogens with one attached hydrogen (secondary N) is 1. The Kier molecular flexibility index (Phi) is 5.68. The molecular formula is C22H23N3O4. The third-order valence-electron chi connectivity index (χ3n) is 4.70. The third kappa shape index (κ3) is 3.85. The van der Waals surface area contributed by atoms with Crippen molar-refractivity contribution in [3.05, 3.63) is 59.3 Å². The predicted octanol–water partition coefficient (Wildman–Crippen LogP) is 3.73. The lowest BCUT2D eigenvalue weighted by molar-refractivity contribution is 0.100. The lowest BCUT2D eigenvalue weighted by Gasteiger charge is -2.16. The molecule has 7 heteroatoms. The second-order valence-electron chi connectivity index (χ2n) is 6.83. The average molecular weight is 393 g/mol. The molecule has 1 heterocycles. The summed E-state index contributed by atoms with van der Waals surface area (Å²) < 4.78 is 10.7. The van der Waals surface area contributed by atoms with Gasteiger partial charge in [-0.05, 0) is 23.6 Å². The zero-order chi connectivity index (χ0) is 21.1. The molecule has 0 fully saturated rings. The first-order valence-electron chi connectivity index (χ1n) is 9.12. The van der Waals surface area contributed by atoms with Gasteiger partial charge in [0.05, 0.1) is 31.0 Å². The van der Waals surface area contributed by atoms with E-state index in [1.807, 2.05) is 26.0 Å². The summed E-state index contributed by atoms with van der Waals surface area (Å²) in [5.41, 5.74) is 7.90. The molecule has 0 saturated carbocycles. The van der Waals surface area contributed by atoms with Gasteiger partial charge in [0.25, 0.3) is 11.8 Å². The molecule has 0 aliphatic heterocycles. The van der Waals surface area contributed by atoms with Gasteiger partial charge in [0.15, 0.2) is 11.5 Å². The Morgan fingerprint density at radius 1 is 1.03 bits per heavy atom. The second-order valence-corrected chi connectivity index (χ2v) is 6.83. The molecule has 0 spiro atoms. The number of amides is 2. The highest BCUT2D eigenvalue weighted by Crippen LogP contribution is 2.36. The van der Waals surface area contributed by atoms with E-state index < -0.39 is 5.91 Å². The minimum Gasteiger partial charge on any atom is -0.493 e. The summed E-state index contributed by atoms with van der Waals surface area (Å²) in [5, 5.41) is 3.38. The highest BCUT2D eigenvalue weighted by atomic mass is 16.5. The van der Waals surface area contributed by atoms with Crippen molar-refractivity contribution in [1.82, 2.24) is 4.98 Å². The van der Waals surface area contributed by atoms with Crippen molar-refractivity contribution < 1.29 is 19.1 Å². The van der Waals surface area contributed by atoms with E-state index in [4.69, 9.17) is 15.2 Å². The van der Waals surface area contributed by atoms with Gasteiger partial charge in [-0.3, -0.25) is 14.6 Å². The van der Waals surface area contributed by atoms with E-state index in [0.717, 1.165) is 5.56 Å². The van der Waals surface area contributed by atoms with Crippen molar-refractivity contribution in [2.45, 2.75) is 19.8 Å².